The number of rotatable bonds is 3. The average Bonchev–Trinajstić information content (AvgIpc) is 2.71. The minimum absolute atomic E-state index is 0.306. The Hall–Kier alpha value is -1.27. The van der Waals surface area contributed by atoms with Crippen LogP contribution >= 0.6 is 0 Å². The summed E-state index contributed by atoms with van der Waals surface area (Å²) in [5.74, 6) is -1.19. The molecule has 0 radical (unpaired) electrons. The molecule has 1 rings (SSSR count). The van der Waals surface area contributed by atoms with Gasteiger partial charge in [-0.25, -0.2) is 4.79 Å². The van der Waals surface area contributed by atoms with Crippen LogP contribution in [-0.4, -0.2) is 41.1 Å². The molecule has 0 saturated carbocycles. The van der Waals surface area contributed by atoms with Crippen LogP contribution in [-0.2, 0) is 14.3 Å². The molecule has 0 aromatic rings. The molecule has 0 aromatic heterocycles. The number of ether oxygens (including phenoxy) is 1. The maximum absolute atomic E-state index is 12.1. The fourth-order valence-electron chi connectivity index (χ4n) is 2.07. The van der Waals surface area contributed by atoms with Crippen LogP contribution in [0.25, 0.3) is 0 Å². The molecule has 4 nitrogen and oxygen atoms in total. The summed E-state index contributed by atoms with van der Waals surface area (Å²) in [7, 11) is 0. The number of carbonyl (C=O) groups excluding carboxylic acids is 2. The Kier molecular flexibility index (Phi) is 5.05. The van der Waals surface area contributed by atoms with E-state index in [9.17, 15) is 22.8 Å². The van der Waals surface area contributed by atoms with Crippen molar-refractivity contribution in [3.63, 3.8) is 0 Å². The van der Waals surface area contributed by atoms with E-state index in [1.807, 2.05) is 0 Å². The van der Waals surface area contributed by atoms with E-state index < -0.39 is 42.5 Å². The van der Waals surface area contributed by atoms with E-state index >= 15 is 0 Å². The van der Waals surface area contributed by atoms with Crippen LogP contribution in [0.3, 0.4) is 0 Å². The number of likely N-dealkylation sites (tertiary alicyclic amines) is 1. The number of alkyl halides is 3. The number of carbonyl (C=O) groups is 2. The van der Waals surface area contributed by atoms with Gasteiger partial charge in [0.1, 0.15) is 11.6 Å². The van der Waals surface area contributed by atoms with Crippen molar-refractivity contribution < 1.29 is 27.5 Å². The largest absolute Gasteiger partial charge is 0.458 e. The van der Waals surface area contributed by atoms with Gasteiger partial charge in [0.2, 0.25) is 5.91 Å². The maximum Gasteiger partial charge on any atom is 0.389 e. The van der Waals surface area contributed by atoms with E-state index in [0.29, 0.717) is 19.4 Å². The van der Waals surface area contributed by atoms with Crippen LogP contribution in [0.2, 0.25) is 0 Å². The molecule has 0 bridgehead atoms. The minimum Gasteiger partial charge on any atom is -0.458 e. The van der Waals surface area contributed by atoms with E-state index in [1.165, 1.54) is 4.90 Å². The Balaban J connectivity index is 2.60. The molecule has 0 spiro atoms. The molecular weight excluding hydrogens is 275 g/mol. The van der Waals surface area contributed by atoms with Gasteiger partial charge >= 0.3 is 12.1 Å². The molecule has 0 unspecified atom stereocenters. The van der Waals surface area contributed by atoms with E-state index in [-0.39, 0.29) is 0 Å². The Morgan fingerprint density at radius 3 is 2.35 bits per heavy atom. The van der Waals surface area contributed by atoms with Gasteiger partial charge in [-0.2, -0.15) is 13.2 Å². The highest BCUT2D eigenvalue weighted by Crippen LogP contribution is 2.25. The molecular formula is C13H20F3NO3. The smallest absolute Gasteiger partial charge is 0.389 e. The highest BCUT2D eigenvalue weighted by Gasteiger charge is 2.38. The first kappa shape index (κ1) is 16.8. The first-order chi connectivity index (χ1) is 8.99. The summed E-state index contributed by atoms with van der Waals surface area (Å²) >= 11 is 0. The summed E-state index contributed by atoms with van der Waals surface area (Å²) in [5.41, 5.74) is -0.680. The van der Waals surface area contributed by atoms with Crippen molar-refractivity contribution in [3.8, 4) is 0 Å². The van der Waals surface area contributed by atoms with Gasteiger partial charge in [-0.1, -0.05) is 0 Å². The molecule has 0 aliphatic carbocycles. The van der Waals surface area contributed by atoms with Gasteiger partial charge in [0.05, 0.1) is 6.42 Å². The number of esters is 1. The Morgan fingerprint density at radius 1 is 1.25 bits per heavy atom. The van der Waals surface area contributed by atoms with Crippen LogP contribution < -0.4 is 0 Å². The zero-order valence-corrected chi connectivity index (χ0v) is 11.9. The molecule has 1 saturated heterocycles. The number of halogens is 3. The van der Waals surface area contributed by atoms with E-state index in [1.54, 1.807) is 20.8 Å². The first-order valence-electron chi connectivity index (χ1n) is 6.59. The summed E-state index contributed by atoms with van der Waals surface area (Å²) in [6.45, 7) is 5.42. The molecule has 7 heteroatoms. The molecule has 1 aliphatic rings. The number of amides is 1. The van der Waals surface area contributed by atoms with Gasteiger partial charge in [-0.3, -0.25) is 4.79 Å². The minimum atomic E-state index is -4.36. The summed E-state index contributed by atoms with van der Waals surface area (Å²) in [6, 6.07) is -0.755. The second-order valence-corrected chi connectivity index (χ2v) is 5.89. The molecule has 1 fully saturated rings. The van der Waals surface area contributed by atoms with Crippen LogP contribution in [0.5, 0.6) is 0 Å². The Labute approximate surface area is 116 Å². The fourth-order valence-corrected chi connectivity index (χ4v) is 2.07. The fraction of sp³-hybridized carbons (Fsp3) is 0.846. The molecule has 116 valence electrons. The maximum atomic E-state index is 12.1. The van der Waals surface area contributed by atoms with E-state index in [4.69, 9.17) is 4.74 Å². The lowest BCUT2D eigenvalue weighted by molar-refractivity contribution is -0.164. The lowest BCUT2D eigenvalue weighted by Gasteiger charge is -2.27. The van der Waals surface area contributed by atoms with Gasteiger partial charge in [-0.15, -0.1) is 0 Å². The van der Waals surface area contributed by atoms with Gasteiger partial charge < -0.3 is 9.64 Å². The molecule has 0 aromatic carbocycles. The van der Waals surface area contributed by atoms with Crippen molar-refractivity contribution >= 4 is 11.9 Å². The standard InChI is InChI=1S/C13H20F3NO3/c1-12(2,3)20-11(19)9-5-4-8-17(9)10(18)6-7-13(14,15)16/h9H,4-8H2,1-3H3/t9-/m1/s1. The third-order valence-electron chi connectivity index (χ3n) is 2.87. The summed E-state index contributed by atoms with van der Waals surface area (Å²) in [5, 5.41) is 0. The van der Waals surface area contributed by atoms with Crippen LogP contribution in [0, 0.1) is 0 Å². The lowest BCUT2D eigenvalue weighted by Crippen LogP contribution is -2.43. The summed E-state index contributed by atoms with van der Waals surface area (Å²) in [4.78, 5) is 24.9. The van der Waals surface area contributed by atoms with Crippen molar-refractivity contribution in [1.29, 1.82) is 0 Å². The molecule has 1 heterocycles. The predicted molar refractivity (Wildman–Crippen MR) is 65.9 cm³/mol. The van der Waals surface area contributed by atoms with E-state index in [2.05, 4.69) is 0 Å². The third-order valence-corrected chi connectivity index (χ3v) is 2.87. The summed E-state index contributed by atoms with van der Waals surface area (Å²) in [6.07, 6.45) is -5.11. The molecule has 20 heavy (non-hydrogen) atoms. The van der Waals surface area contributed by atoms with Crippen LogP contribution in [0.15, 0.2) is 0 Å². The summed E-state index contributed by atoms with van der Waals surface area (Å²) < 4.78 is 41.5. The average molecular weight is 295 g/mol. The zero-order valence-electron chi connectivity index (χ0n) is 11.9. The second kappa shape index (κ2) is 6.01. The topological polar surface area (TPSA) is 46.6 Å². The predicted octanol–water partition coefficient (Wildman–Crippen LogP) is 2.66. The van der Waals surface area contributed by atoms with Crippen molar-refractivity contribution in [2.45, 2.75) is 64.3 Å². The van der Waals surface area contributed by atoms with Gasteiger partial charge in [0.15, 0.2) is 0 Å². The van der Waals surface area contributed by atoms with Crippen LogP contribution in [0.1, 0.15) is 46.5 Å². The third kappa shape index (κ3) is 5.38. The zero-order chi connectivity index (χ0) is 15.6. The van der Waals surface area contributed by atoms with Crippen molar-refractivity contribution in [1.82, 2.24) is 4.90 Å². The second-order valence-electron chi connectivity index (χ2n) is 5.89. The normalized spacial score (nSPS) is 20.1. The first-order valence-corrected chi connectivity index (χ1v) is 6.59. The highest BCUT2D eigenvalue weighted by atomic mass is 19.4. The van der Waals surface area contributed by atoms with Gasteiger partial charge in [0, 0.05) is 13.0 Å². The Bertz CT molecular complexity index is 374. The van der Waals surface area contributed by atoms with Crippen LogP contribution in [0.4, 0.5) is 13.2 Å². The number of hydrogen-bond donors (Lipinski definition) is 0. The lowest BCUT2D eigenvalue weighted by atomic mass is 10.1. The molecule has 1 amide bonds. The number of hydrogen-bond acceptors (Lipinski definition) is 3. The highest BCUT2D eigenvalue weighted by molar-refractivity contribution is 5.85. The van der Waals surface area contributed by atoms with Crippen molar-refractivity contribution in [3.05, 3.63) is 0 Å². The van der Waals surface area contributed by atoms with Crippen molar-refractivity contribution in [2.75, 3.05) is 6.54 Å². The SMILES string of the molecule is CC(C)(C)OC(=O)[C@H]1CCCN1C(=O)CCC(F)(F)F. The molecule has 1 aliphatic heterocycles. The molecule has 0 N–H and O–H groups in total. The molecule has 1 atom stereocenters. The number of nitrogens with zero attached hydrogens (tertiary/aromatic N) is 1. The van der Waals surface area contributed by atoms with Gasteiger partial charge in [-0.05, 0) is 33.6 Å². The Morgan fingerprint density at radius 2 is 1.85 bits per heavy atom. The van der Waals surface area contributed by atoms with Crippen molar-refractivity contribution in [2.24, 2.45) is 0 Å². The quantitative estimate of drug-likeness (QED) is 0.752. The van der Waals surface area contributed by atoms with Gasteiger partial charge in [0.25, 0.3) is 0 Å². The van der Waals surface area contributed by atoms with E-state index in [0.717, 1.165) is 0 Å². The monoisotopic (exact) mass is 295 g/mol.